The molecule has 17 heavy (non-hydrogen) atoms. The SMILES string of the molecule is CN1C(=O)c2ccccc2C1c1ccccc1. The van der Waals surface area contributed by atoms with Gasteiger partial charge in [-0.3, -0.25) is 4.79 Å². The molecule has 1 aliphatic rings. The molecule has 1 atom stereocenters. The number of nitrogens with zero attached hydrogens (tertiary/aromatic N) is 1. The smallest absolute Gasteiger partial charge is 0.254 e. The summed E-state index contributed by atoms with van der Waals surface area (Å²) in [6.45, 7) is 0. The van der Waals surface area contributed by atoms with E-state index in [0.29, 0.717) is 0 Å². The first-order chi connectivity index (χ1) is 8.29. The molecule has 0 aliphatic carbocycles. The highest BCUT2D eigenvalue weighted by atomic mass is 16.2. The first kappa shape index (κ1) is 10.1. The van der Waals surface area contributed by atoms with Gasteiger partial charge < -0.3 is 4.90 Å². The minimum Gasteiger partial charge on any atom is -0.331 e. The Hall–Kier alpha value is -2.09. The van der Waals surface area contributed by atoms with Crippen molar-refractivity contribution in [3.05, 3.63) is 71.3 Å². The molecule has 1 heterocycles. The molecule has 1 unspecified atom stereocenters. The molecule has 0 saturated heterocycles. The van der Waals surface area contributed by atoms with Gasteiger partial charge in [0.15, 0.2) is 0 Å². The lowest BCUT2D eigenvalue weighted by Gasteiger charge is -2.21. The molecule has 0 bridgehead atoms. The molecule has 0 spiro atoms. The molecular formula is C15H13NO. The van der Waals surface area contributed by atoms with Crippen molar-refractivity contribution in [3.8, 4) is 0 Å². The van der Waals surface area contributed by atoms with Crippen LogP contribution < -0.4 is 0 Å². The number of amides is 1. The van der Waals surface area contributed by atoms with Gasteiger partial charge in [-0.2, -0.15) is 0 Å². The molecule has 0 fully saturated rings. The number of hydrogen-bond donors (Lipinski definition) is 0. The molecule has 84 valence electrons. The van der Waals surface area contributed by atoms with Crippen LogP contribution in [-0.4, -0.2) is 17.9 Å². The first-order valence-electron chi connectivity index (χ1n) is 5.70. The quantitative estimate of drug-likeness (QED) is 0.728. The third-order valence-corrected chi connectivity index (χ3v) is 3.31. The highest BCUT2D eigenvalue weighted by molar-refractivity contribution is 5.99. The normalized spacial score (nSPS) is 18.3. The zero-order valence-corrected chi connectivity index (χ0v) is 9.63. The highest BCUT2D eigenvalue weighted by Crippen LogP contribution is 2.36. The van der Waals surface area contributed by atoms with Gasteiger partial charge in [0.25, 0.3) is 5.91 Å². The molecular weight excluding hydrogens is 210 g/mol. The summed E-state index contributed by atoms with van der Waals surface area (Å²) in [5.41, 5.74) is 3.09. The first-order valence-corrected chi connectivity index (χ1v) is 5.70. The van der Waals surface area contributed by atoms with Crippen LogP contribution >= 0.6 is 0 Å². The molecule has 2 aromatic rings. The zero-order chi connectivity index (χ0) is 11.8. The number of carbonyl (C=O) groups is 1. The van der Waals surface area contributed by atoms with Crippen LogP contribution in [0.3, 0.4) is 0 Å². The summed E-state index contributed by atoms with van der Waals surface area (Å²) in [7, 11) is 1.86. The van der Waals surface area contributed by atoms with Gasteiger partial charge >= 0.3 is 0 Å². The predicted molar refractivity (Wildman–Crippen MR) is 66.8 cm³/mol. The molecule has 2 aromatic carbocycles. The lowest BCUT2D eigenvalue weighted by molar-refractivity contribution is 0.0793. The van der Waals surface area contributed by atoms with Gasteiger partial charge in [0.2, 0.25) is 0 Å². The average molecular weight is 223 g/mol. The van der Waals surface area contributed by atoms with E-state index in [2.05, 4.69) is 12.1 Å². The van der Waals surface area contributed by atoms with E-state index in [0.717, 1.165) is 16.7 Å². The van der Waals surface area contributed by atoms with Crippen molar-refractivity contribution in [1.29, 1.82) is 0 Å². The minimum absolute atomic E-state index is 0.0555. The van der Waals surface area contributed by atoms with Crippen LogP contribution in [-0.2, 0) is 0 Å². The topological polar surface area (TPSA) is 20.3 Å². The van der Waals surface area contributed by atoms with Crippen LogP contribution in [0, 0.1) is 0 Å². The van der Waals surface area contributed by atoms with Crippen molar-refractivity contribution in [1.82, 2.24) is 4.90 Å². The van der Waals surface area contributed by atoms with E-state index < -0.39 is 0 Å². The molecule has 0 N–H and O–H groups in total. The van der Waals surface area contributed by atoms with E-state index in [9.17, 15) is 4.79 Å². The lowest BCUT2D eigenvalue weighted by atomic mass is 9.98. The zero-order valence-electron chi connectivity index (χ0n) is 9.63. The second-order valence-corrected chi connectivity index (χ2v) is 4.32. The molecule has 0 saturated carbocycles. The fourth-order valence-electron chi connectivity index (χ4n) is 2.48. The minimum atomic E-state index is 0.0555. The van der Waals surface area contributed by atoms with E-state index >= 15 is 0 Å². The standard InChI is InChI=1S/C15H13NO/c1-16-14(11-7-3-2-4-8-11)12-9-5-6-10-13(12)15(16)17/h2-10,14H,1H3. The number of carbonyl (C=O) groups excluding carboxylic acids is 1. The van der Waals surface area contributed by atoms with Gasteiger partial charge in [0, 0.05) is 12.6 Å². The summed E-state index contributed by atoms with van der Waals surface area (Å²) >= 11 is 0. The van der Waals surface area contributed by atoms with Crippen LogP contribution in [0.2, 0.25) is 0 Å². The van der Waals surface area contributed by atoms with Crippen molar-refractivity contribution in [2.45, 2.75) is 6.04 Å². The van der Waals surface area contributed by atoms with Crippen molar-refractivity contribution in [2.24, 2.45) is 0 Å². The number of benzene rings is 2. The second-order valence-electron chi connectivity index (χ2n) is 4.32. The number of hydrogen-bond acceptors (Lipinski definition) is 1. The summed E-state index contributed by atoms with van der Waals surface area (Å²) < 4.78 is 0. The Labute approximate surface area is 100 Å². The Kier molecular flexibility index (Phi) is 2.22. The van der Waals surface area contributed by atoms with Crippen LogP contribution in [0.1, 0.15) is 27.5 Å². The third-order valence-electron chi connectivity index (χ3n) is 3.31. The largest absolute Gasteiger partial charge is 0.331 e. The Morgan fingerprint density at radius 2 is 1.59 bits per heavy atom. The van der Waals surface area contributed by atoms with Crippen molar-refractivity contribution >= 4 is 5.91 Å². The molecule has 1 aliphatic heterocycles. The van der Waals surface area contributed by atoms with E-state index in [-0.39, 0.29) is 11.9 Å². The average Bonchev–Trinajstić information content (AvgIpc) is 2.64. The maximum atomic E-state index is 12.1. The van der Waals surface area contributed by atoms with Gasteiger partial charge in [-0.1, -0.05) is 48.5 Å². The van der Waals surface area contributed by atoms with E-state index in [1.54, 1.807) is 4.90 Å². The molecule has 0 aromatic heterocycles. The van der Waals surface area contributed by atoms with Crippen LogP contribution in [0.15, 0.2) is 54.6 Å². The van der Waals surface area contributed by atoms with Crippen molar-refractivity contribution in [3.63, 3.8) is 0 Å². The predicted octanol–water partition coefficient (Wildman–Crippen LogP) is 2.86. The fourth-order valence-corrected chi connectivity index (χ4v) is 2.48. The second kappa shape index (κ2) is 3.74. The fraction of sp³-hybridized carbons (Fsp3) is 0.133. The van der Waals surface area contributed by atoms with Crippen molar-refractivity contribution in [2.75, 3.05) is 7.05 Å². The molecule has 2 heteroatoms. The Bertz CT molecular complexity index is 562. The summed E-state index contributed by atoms with van der Waals surface area (Å²) in [6, 6.07) is 18.0. The number of rotatable bonds is 1. The monoisotopic (exact) mass is 223 g/mol. The van der Waals surface area contributed by atoms with Gasteiger partial charge in [0.1, 0.15) is 0 Å². The molecule has 3 rings (SSSR count). The summed E-state index contributed by atoms with van der Waals surface area (Å²) in [4.78, 5) is 13.9. The maximum absolute atomic E-state index is 12.1. The van der Waals surface area contributed by atoms with Crippen molar-refractivity contribution < 1.29 is 4.79 Å². The van der Waals surface area contributed by atoms with Crippen LogP contribution in [0.25, 0.3) is 0 Å². The van der Waals surface area contributed by atoms with E-state index in [4.69, 9.17) is 0 Å². The van der Waals surface area contributed by atoms with Crippen LogP contribution in [0.4, 0.5) is 0 Å². The third kappa shape index (κ3) is 1.45. The van der Waals surface area contributed by atoms with Crippen LogP contribution in [0.5, 0.6) is 0 Å². The number of fused-ring (bicyclic) bond motifs is 1. The van der Waals surface area contributed by atoms with E-state index in [1.165, 1.54) is 0 Å². The summed E-state index contributed by atoms with van der Waals surface area (Å²) in [6.07, 6.45) is 0. The highest BCUT2D eigenvalue weighted by Gasteiger charge is 2.34. The molecule has 0 radical (unpaired) electrons. The maximum Gasteiger partial charge on any atom is 0.254 e. The van der Waals surface area contributed by atoms with Gasteiger partial charge in [-0.15, -0.1) is 0 Å². The Morgan fingerprint density at radius 1 is 0.941 bits per heavy atom. The summed E-state index contributed by atoms with van der Waals surface area (Å²) in [5.74, 6) is 0.106. The summed E-state index contributed by atoms with van der Waals surface area (Å²) in [5, 5.41) is 0. The van der Waals surface area contributed by atoms with Gasteiger partial charge in [-0.05, 0) is 17.2 Å². The van der Waals surface area contributed by atoms with Gasteiger partial charge in [0.05, 0.1) is 6.04 Å². The molecule has 2 nitrogen and oxygen atoms in total. The lowest BCUT2D eigenvalue weighted by Crippen LogP contribution is -2.23. The molecule has 1 amide bonds. The van der Waals surface area contributed by atoms with E-state index in [1.807, 2.05) is 49.5 Å². The van der Waals surface area contributed by atoms with Gasteiger partial charge in [-0.25, -0.2) is 0 Å². The Balaban J connectivity index is 2.16. The Morgan fingerprint density at radius 3 is 2.35 bits per heavy atom.